The van der Waals surface area contributed by atoms with Gasteiger partial charge < -0.3 is 20.3 Å². The standard InChI is InChI=1S/C23H24N4O2/c1-17-6-2-3-7-19(17)25-18-10-11-21(24-16-18)23(28)26-20-8-4-5-9-22(20)27-12-14-29-15-13-27/h2-11,16,25H,12-15H2,1H3,(H,26,28). The molecule has 29 heavy (non-hydrogen) atoms. The first-order chi connectivity index (χ1) is 14.2. The molecule has 0 aliphatic carbocycles. The van der Waals surface area contributed by atoms with Gasteiger partial charge in [-0.2, -0.15) is 0 Å². The summed E-state index contributed by atoms with van der Waals surface area (Å²) in [4.78, 5) is 19.3. The minimum absolute atomic E-state index is 0.229. The molecular weight excluding hydrogens is 364 g/mol. The number of morpholine rings is 1. The fourth-order valence-electron chi connectivity index (χ4n) is 3.32. The van der Waals surface area contributed by atoms with E-state index in [2.05, 4.69) is 20.5 Å². The van der Waals surface area contributed by atoms with Crippen LogP contribution in [0.4, 0.5) is 22.7 Å². The lowest BCUT2D eigenvalue weighted by atomic mass is 10.2. The van der Waals surface area contributed by atoms with Crippen molar-refractivity contribution < 1.29 is 9.53 Å². The molecule has 1 aliphatic heterocycles. The summed E-state index contributed by atoms with van der Waals surface area (Å²) in [6.45, 7) is 5.05. The van der Waals surface area contributed by atoms with Gasteiger partial charge in [0.05, 0.1) is 36.5 Å². The maximum absolute atomic E-state index is 12.7. The van der Waals surface area contributed by atoms with Crippen LogP contribution in [-0.4, -0.2) is 37.2 Å². The molecule has 0 atom stereocenters. The molecule has 1 saturated heterocycles. The van der Waals surface area contributed by atoms with Crippen LogP contribution in [0.2, 0.25) is 0 Å². The second-order valence-electron chi connectivity index (χ2n) is 6.94. The minimum Gasteiger partial charge on any atom is -0.378 e. The number of benzene rings is 2. The lowest BCUT2D eigenvalue weighted by molar-refractivity contribution is 0.102. The van der Waals surface area contributed by atoms with Crippen molar-refractivity contribution in [2.75, 3.05) is 41.8 Å². The first-order valence-electron chi connectivity index (χ1n) is 9.72. The molecule has 1 aromatic heterocycles. The van der Waals surface area contributed by atoms with E-state index in [0.717, 1.165) is 41.4 Å². The molecule has 1 amide bonds. The van der Waals surface area contributed by atoms with Gasteiger partial charge in [0.2, 0.25) is 0 Å². The zero-order chi connectivity index (χ0) is 20.1. The molecule has 6 nitrogen and oxygen atoms in total. The monoisotopic (exact) mass is 388 g/mol. The van der Waals surface area contributed by atoms with E-state index in [9.17, 15) is 4.79 Å². The van der Waals surface area contributed by atoms with Crippen molar-refractivity contribution in [2.24, 2.45) is 0 Å². The van der Waals surface area contributed by atoms with E-state index < -0.39 is 0 Å². The van der Waals surface area contributed by atoms with Gasteiger partial charge >= 0.3 is 0 Å². The van der Waals surface area contributed by atoms with Crippen molar-refractivity contribution in [3.05, 3.63) is 78.1 Å². The number of rotatable bonds is 5. The molecule has 0 spiro atoms. The molecule has 0 unspecified atom stereocenters. The number of hydrogen-bond acceptors (Lipinski definition) is 5. The lowest BCUT2D eigenvalue weighted by Crippen LogP contribution is -2.36. The van der Waals surface area contributed by atoms with E-state index >= 15 is 0 Å². The van der Waals surface area contributed by atoms with Gasteiger partial charge in [-0.25, -0.2) is 4.98 Å². The molecule has 0 saturated carbocycles. The predicted molar refractivity (Wildman–Crippen MR) is 116 cm³/mol. The van der Waals surface area contributed by atoms with Crippen molar-refractivity contribution >= 4 is 28.7 Å². The normalized spacial score (nSPS) is 13.8. The molecule has 0 bridgehead atoms. The van der Waals surface area contributed by atoms with Crippen molar-refractivity contribution in [3.63, 3.8) is 0 Å². The molecule has 148 valence electrons. The molecule has 2 aromatic carbocycles. The number of para-hydroxylation sites is 3. The summed E-state index contributed by atoms with van der Waals surface area (Å²) < 4.78 is 5.43. The second-order valence-corrected chi connectivity index (χ2v) is 6.94. The molecule has 1 aliphatic rings. The van der Waals surface area contributed by atoms with E-state index in [0.29, 0.717) is 18.9 Å². The maximum atomic E-state index is 12.7. The van der Waals surface area contributed by atoms with Gasteiger partial charge in [0, 0.05) is 18.8 Å². The smallest absolute Gasteiger partial charge is 0.274 e. The molecule has 4 rings (SSSR count). The Morgan fingerprint density at radius 1 is 0.966 bits per heavy atom. The van der Waals surface area contributed by atoms with Gasteiger partial charge in [-0.05, 0) is 42.8 Å². The zero-order valence-electron chi connectivity index (χ0n) is 16.4. The molecule has 2 heterocycles. The fourth-order valence-corrected chi connectivity index (χ4v) is 3.32. The van der Waals surface area contributed by atoms with Crippen LogP contribution in [-0.2, 0) is 4.74 Å². The van der Waals surface area contributed by atoms with Gasteiger partial charge in [0.25, 0.3) is 5.91 Å². The molecule has 2 N–H and O–H groups in total. The maximum Gasteiger partial charge on any atom is 0.274 e. The summed E-state index contributed by atoms with van der Waals surface area (Å²) in [6.07, 6.45) is 1.68. The van der Waals surface area contributed by atoms with Gasteiger partial charge in [-0.1, -0.05) is 30.3 Å². The number of hydrogen-bond donors (Lipinski definition) is 2. The molecule has 0 radical (unpaired) electrons. The zero-order valence-corrected chi connectivity index (χ0v) is 16.4. The Morgan fingerprint density at radius 3 is 2.41 bits per heavy atom. The van der Waals surface area contributed by atoms with Gasteiger partial charge in [-0.3, -0.25) is 4.79 Å². The van der Waals surface area contributed by atoms with E-state index in [-0.39, 0.29) is 5.91 Å². The summed E-state index contributed by atoms with van der Waals surface area (Å²) in [5.74, 6) is -0.229. The van der Waals surface area contributed by atoms with E-state index in [1.54, 1.807) is 12.3 Å². The number of carbonyl (C=O) groups is 1. The third-order valence-electron chi connectivity index (χ3n) is 4.92. The number of aryl methyl sites for hydroxylation is 1. The number of aromatic nitrogens is 1. The van der Waals surface area contributed by atoms with Gasteiger partial charge in [-0.15, -0.1) is 0 Å². The first-order valence-corrected chi connectivity index (χ1v) is 9.72. The van der Waals surface area contributed by atoms with Crippen molar-refractivity contribution in [2.45, 2.75) is 6.92 Å². The Bertz CT molecular complexity index is 982. The summed E-state index contributed by atoms with van der Waals surface area (Å²) in [5, 5.41) is 6.33. The number of nitrogens with zero attached hydrogens (tertiary/aromatic N) is 2. The van der Waals surface area contributed by atoms with Crippen LogP contribution in [0, 0.1) is 6.92 Å². The Balaban J connectivity index is 1.46. The Kier molecular flexibility index (Phi) is 5.72. The summed E-state index contributed by atoms with van der Waals surface area (Å²) in [5.41, 5.74) is 5.16. The number of anilines is 4. The van der Waals surface area contributed by atoms with Crippen LogP contribution >= 0.6 is 0 Å². The van der Waals surface area contributed by atoms with Crippen molar-refractivity contribution in [1.29, 1.82) is 0 Å². The quantitative estimate of drug-likeness (QED) is 0.685. The average Bonchev–Trinajstić information content (AvgIpc) is 2.77. The van der Waals surface area contributed by atoms with E-state index in [1.807, 2.05) is 61.5 Å². The van der Waals surface area contributed by atoms with Crippen LogP contribution in [0.1, 0.15) is 16.1 Å². The van der Waals surface area contributed by atoms with Crippen molar-refractivity contribution in [3.8, 4) is 0 Å². The SMILES string of the molecule is Cc1ccccc1Nc1ccc(C(=O)Nc2ccccc2N2CCOCC2)nc1. The summed E-state index contributed by atoms with van der Waals surface area (Å²) in [7, 11) is 0. The fraction of sp³-hybridized carbons (Fsp3) is 0.217. The Morgan fingerprint density at radius 2 is 1.69 bits per heavy atom. The summed E-state index contributed by atoms with van der Waals surface area (Å²) in [6, 6.07) is 19.5. The third kappa shape index (κ3) is 4.55. The number of ether oxygens (including phenoxy) is 1. The second kappa shape index (κ2) is 8.75. The Labute approximate surface area is 170 Å². The highest BCUT2D eigenvalue weighted by Crippen LogP contribution is 2.27. The minimum atomic E-state index is -0.229. The highest BCUT2D eigenvalue weighted by molar-refractivity contribution is 6.04. The number of nitrogens with one attached hydrogen (secondary N) is 2. The predicted octanol–water partition coefficient (Wildman–Crippen LogP) is 4.22. The molecular formula is C23H24N4O2. The van der Waals surface area contributed by atoms with Gasteiger partial charge in [0.15, 0.2) is 0 Å². The average molecular weight is 388 g/mol. The van der Waals surface area contributed by atoms with Crippen LogP contribution < -0.4 is 15.5 Å². The molecule has 6 heteroatoms. The van der Waals surface area contributed by atoms with Crippen LogP contribution in [0.5, 0.6) is 0 Å². The van der Waals surface area contributed by atoms with Crippen LogP contribution in [0.15, 0.2) is 66.9 Å². The van der Waals surface area contributed by atoms with Crippen LogP contribution in [0.25, 0.3) is 0 Å². The number of carbonyl (C=O) groups excluding carboxylic acids is 1. The number of amides is 1. The Hall–Kier alpha value is -3.38. The topological polar surface area (TPSA) is 66.5 Å². The molecule has 1 fully saturated rings. The lowest BCUT2D eigenvalue weighted by Gasteiger charge is -2.30. The first kappa shape index (κ1) is 19.0. The van der Waals surface area contributed by atoms with Gasteiger partial charge in [0.1, 0.15) is 5.69 Å². The van der Waals surface area contributed by atoms with E-state index in [4.69, 9.17) is 4.74 Å². The largest absolute Gasteiger partial charge is 0.378 e. The van der Waals surface area contributed by atoms with Crippen LogP contribution in [0.3, 0.4) is 0 Å². The summed E-state index contributed by atoms with van der Waals surface area (Å²) >= 11 is 0. The van der Waals surface area contributed by atoms with E-state index in [1.165, 1.54) is 0 Å². The highest BCUT2D eigenvalue weighted by Gasteiger charge is 2.16. The van der Waals surface area contributed by atoms with Crippen molar-refractivity contribution in [1.82, 2.24) is 4.98 Å². The molecule has 3 aromatic rings. The third-order valence-corrected chi connectivity index (χ3v) is 4.92. The number of pyridine rings is 1. The highest BCUT2D eigenvalue weighted by atomic mass is 16.5.